The highest BCUT2D eigenvalue weighted by molar-refractivity contribution is 5.80. The number of aliphatic hydroxyl groups excluding tert-OH is 4. The van der Waals surface area contributed by atoms with Gasteiger partial charge in [-0.05, 0) is 12.8 Å². The van der Waals surface area contributed by atoms with Crippen molar-refractivity contribution in [3.8, 4) is 0 Å². The fourth-order valence-electron chi connectivity index (χ4n) is 4.93. The molecule has 0 spiro atoms. The zero-order valence-corrected chi connectivity index (χ0v) is 24.5. The van der Waals surface area contributed by atoms with Crippen LogP contribution in [0.15, 0.2) is 0 Å². The predicted molar refractivity (Wildman–Crippen MR) is 155 cm³/mol. The fourth-order valence-corrected chi connectivity index (χ4v) is 4.93. The molecule has 6 heteroatoms. The van der Waals surface area contributed by atoms with Gasteiger partial charge >= 0.3 is 0 Å². The van der Waals surface area contributed by atoms with Crippen LogP contribution in [-0.2, 0) is 4.79 Å². The van der Waals surface area contributed by atoms with Gasteiger partial charge in [-0.2, -0.15) is 0 Å². The van der Waals surface area contributed by atoms with Gasteiger partial charge in [0.2, 0.25) is 5.91 Å². The van der Waals surface area contributed by atoms with Crippen molar-refractivity contribution in [2.75, 3.05) is 6.61 Å². The van der Waals surface area contributed by atoms with Gasteiger partial charge in [-0.1, -0.05) is 149 Å². The first kappa shape index (κ1) is 36.3. The van der Waals surface area contributed by atoms with Gasteiger partial charge in [-0.25, -0.2) is 0 Å². The van der Waals surface area contributed by atoms with E-state index >= 15 is 0 Å². The van der Waals surface area contributed by atoms with Gasteiger partial charge in [0.1, 0.15) is 12.2 Å². The summed E-state index contributed by atoms with van der Waals surface area (Å²) in [4.78, 5) is 12.3. The molecule has 6 nitrogen and oxygen atoms in total. The van der Waals surface area contributed by atoms with Crippen LogP contribution in [0, 0.1) is 0 Å². The van der Waals surface area contributed by atoms with E-state index in [0.717, 1.165) is 38.5 Å². The number of hydrogen-bond acceptors (Lipinski definition) is 5. The third kappa shape index (κ3) is 21.9. The molecular formula is C31H63NO5. The highest BCUT2D eigenvalue weighted by atomic mass is 16.3. The summed E-state index contributed by atoms with van der Waals surface area (Å²) in [6, 6.07) is -0.974. The van der Waals surface area contributed by atoms with Gasteiger partial charge < -0.3 is 25.7 Å². The summed E-state index contributed by atoms with van der Waals surface area (Å²) in [6.07, 6.45) is 22.8. The van der Waals surface area contributed by atoms with Gasteiger partial charge in [0.15, 0.2) is 0 Å². The van der Waals surface area contributed by atoms with Crippen molar-refractivity contribution >= 4 is 5.91 Å². The van der Waals surface area contributed by atoms with Gasteiger partial charge in [0, 0.05) is 0 Å². The Hall–Kier alpha value is -0.690. The maximum Gasteiger partial charge on any atom is 0.249 e. The first-order valence-corrected chi connectivity index (χ1v) is 15.9. The Labute approximate surface area is 229 Å². The molecule has 1 amide bonds. The first-order valence-electron chi connectivity index (χ1n) is 15.9. The van der Waals surface area contributed by atoms with Crippen molar-refractivity contribution in [3.63, 3.8) is 0 Å². The molecule has 0 aliphatic heterocycles. The summed E-state index contributed by atoms with van der Waals surface area (Å²) in [5.74, 6) is -0.587. The fraction of sp³-hybridized carbons (Fsp3) is 0.968. The standard InChI is InChI=1S/C31H63NO5/c1-3-5-7-9-11-12-13-14-15-16-17-19-21-23-25-29(35)31(37)32-27(26-33)30(36)28(34)24-22-20-18-10-8-6-4-2/h27-30,33-36H,3-26H2,1-2H3,(H,32,37). The molecule has 0 rings (SSSR count). The van der Waals surface area contributed by atoms with Crippen molar-refractivity contribution in [2.24, 2.45) is 0 Å². The summed E-state index contributed by atoms with van der Waals surface area (Å²) < 4.78 is 0. The average Bonchev–Trinajstić information content (AvgIpc) is 2.90. The van der Waals surface area contributed by atoms with Crippen LogP contribution in [0.3, 0.4) is 0 Å². The molecule has 0 aliphatic carbocycles. The van der Waals surface area contributed by atoms with E-state index in [4.69, 9.17) is 0 Å². The molecule has 4 atom stereocenters. The Morgan fingerprint density at radius 3 is 1.30 bits per heavy atom. The van der Waals surface area contributed by atoms with Crippen LogP contribution >= 0.6 is 0 Å². The van der Waals surface area contributed by atoms with E-state index in [1.54, 1.807) is 0 Å². The Bertz CT molecular complexity index is 490. The summed E-state index contributed by atoms with van der Waals surface area (Å²) >= 11 is 0. The van der Waals surface area contributed by atoms with E-state index in [1.165, 1.54) is 96.3 Å². The SMILES string of the molecule is CCCCCCCCCCCCCCCCC(O)C(=O)NC(CO)C(O)C(O)CCCCCCCCC. The second-order valence-electron chi connectivity index (χ2n) is 11.2. The maximum atomic E-state index is 12.3. The maximum absolute atomic E-state index is 12.3. The zero-order valence-electron chi connectivity index (χ0n) is 24.5. The first-order chi connectivity index (χ1) is 18.0. The van der Waals surface area contributed by atoms with Crippen LogP contribution in [0.1, 0.15) is 162 Å². The third-order valence-electron chi connectivity index (χ3n) is 7.57. The minimum Gasteiger partial charge on any atom is -0.394 e. The monoisotopic (exact) mass is 529 g/mol. The normalized spacial score (nSPS) is 14.9. The minimum absolute atomic E-state index is 0.374. The van der Waals surface area contributed by atoms with Gasteiger partial charge in [0.25, 0.3) is 0 Å². The lowest BCUT2D eigenvalue weighted by Gasteiger charge is -2.27. The van der Waals surface area contributed by atoms with Crippen molar-refractivity contribution in [3.05, 3.63) is 0 Å². The van der Waals surface area contributed by atoms with Crippen LogP contribution in [0.5, 0.6) is 0 Å². The predicted octanol–water partition coefficient (Wildman–Crippen LogP) is 6.56. The molecule has 0 saturated carbocycles. The highest BCUT2D eigenvalue weighted by Crippen LogP contribution is 2.15. The average molecular weight is 530 g/mol. The van der Waals surface area contributed by atoms with Crippen LogP contribution in [0.25, 0.3) is 0 Å². The molecule has 37 heavy (non-hydrogen) atoms. The molecule has 0 heterocycles. The number of rotatable bonds is 28. The van der Waals surface area contributed by atoms with E-state index in [9.17, 15) is 25.2 Å². The quantitative estimate of drug-likeness (QED) is 0.0737. The van der Waals surface area contributed by atoms with E-state index in [-0.39, 0.29) is 0 Å². The molecule has 0 saturated heterocycles. The van der Waals surface area contributed by atoms with E-state index in [2.05, 4.69) is 19.2 Å². The van der Waals surface area contributed by atoms with E-state index in [0.29, 0.717) is 12.8 Å². The molecule has 0 aromatic carbocycles. The van der Waals surface area contributed by atoms with Gasteiger partial charge in [0.05, 0.1) is 18.8 Å². The Morgan fingerprint density at radius 1 is 0.568 bits per heavy atom. The molecule has 0 radical (unpaired) electrons. The minimum atomic E-state index is -1.25. The summed E-state index contributed by atoms with van der Waals surface area (Å²) in [6.45, 7) is 3.96. The van der Waals surface area contributed by atoms with Crippen molar-refractivity contribution < 1.29 is 25.2 Å². The second-order valence-corrected chi connectivity index (χ2v) is 11.2. The van der Waals surface area contributed by atoms with Crippen LogP contribution < -0.4 is 5.32 Å². The number of carbonyl (C=O) groups is 1. The number of aliphatic hydroxyl groups is 4. The Morgan fingerprint density at radius 2 is 0.919 bits per heavy atom. The molecule has 0 aliphatic rings. The molecule has 222 valence electrons. The topological polar surface area (TPSA) is 110 Å². The van der Waals surface area contributed by atoms with E-state index in [1.807, 2.05) is 0 Å². The lowest BCUT2D eigenvalue weighted by molar-refractivity contribution is -0.132. The zero-order chi connectivity index (χ0) is 27.6. The largest absolute Gasteiger partial charge is 0.394 e. The molecule has 5 N–H and O–H groups in total. The van der Waals surface area contributed by atoms with Crippen molar-refractivity contribution in [1.82, 2.24) is 5.32 Å². The van der Waals surface area contributed by atoms with Crippen LogP contribution in [-0.4, -0.2) is 57.3 Å². The highest BCUT2D eigenvalue weighted by Gasteiger charge is 2.28. The number of amides is 1. The molecule has 0 aromatic rings. The summed E-state index contributed by atoms with van der Waals surface area (Å²) in [7, 11) is 0. The Kier molecular flexibility index (Phi) is 26.4. The number of unbranched alkanes of at least 4 members (excludes halogenated alkanes) is 19. The molecule has 0 aromatic heterocycles. The molecule has 0 bridgehead atoms. The van der Waals surface area contributed by atoms with Crippen LogP contribution in [0.4, 0.5) is 0 Å². The summed E-state index contributed by atoms with van der Waals surface area (Å²) in [5.41, 5.74) is 0. The van der Waals surface area contributed by atoms with Crippen LogP contribution in [0.2, 0.25) is 0 Å². The second kappa shape index (κ2) is 26.9. The smallest absolute Gasteiger partial charge is 0.249 e. The third-order valence-corrected chi connectivity index (χ3v) is 7.57. The van der Waals surface area contributed by atoms with Gasteiger partial charge in [-0.3, -0.25) is 4.79 Å². The number of nitrogens with one attached hydrogen (secondary N) is 1. The molecule has 0 fully saturated rings. The van der Waals surface area contributed by atoms with E-state index < -0.39 is 36.9 Å². The molecule has 4 unspecified atom stereocenters. The lowest BCUT2D eigenvalue weighted by atomic mass is 9.99. The van der Waals surface area contributed by atoms with Crippen molar-refractivity contribution in [1.29, 1.82) is 0 Å². The summed E-state index contributed by atoms with van der Waals surface area (Å²) in [5, 5.41) is 43.0. The molecular weight excluding hydrogens is 466 g/mol. The number of carbonyl (C=O) groups excluding carboxylic acids is 1. The Balaban J connectivity index is 3.82. The number of hydrogen-bond donors (Lipinski definition) is 5. The van der Waals surface area contributed by atoms with Gasteiger partial charge in [-0.15, -0.1) is 0 Å². The van der Waals surface area contributed by atoms with Crippen molar-refractivity contribution in [2.45, 2.75) is 186 Å². The lowest BCUT2D eigenvalue weighted by Crippen LogP contribution is -2.53.